The summed E-state index contributed by atoms with van der Waals surface area (Å²) >= 11 is 0. The standard InChI is InChI=1S/C20H30N2O4/c1-5-22(19(24)26-20(2,3)4)17-11-13-21(14-12-17)18(23)25-15-16-9-7-6-8-10-16/h6-10,17H,5,11-15H2,1-4H3. The first kappa shape index (κ1) is 20.1. The molecule has 2 rings (SSSR count). The average molecular weight is 362 g/mol. The van der Waals surface area contributed by atoms with E-state index in [1.807, 2.05) is 58.0 Å². The third kappa shape index (κ3) is 5.93. The number of amides is 2. The zero-order chi connectivity index (χ0) is 19.2. The van der Waals surface area contributed by atoms with Gasteiger partial charge in [-0.3, -0.25) is 0 Å². The third-order valence-electron chi connectivity index (χ3n) is 4.34. The number of rotatable bonds is 4. The Labute approximate surface area is 156 Å². The molecule has 144 valence electrons. The number of benzene rings is 1. The van der Waals surface area contributed by atoms with Gasteiger partial charge in [0.1, 0.15) is 12.2 Å². The molecule has 6 heteroatoms. The van der Waals surface area contributed by atoms with Crippen LogP contribution in [-0.4, -0.2) is 53.3 Å². The SMILES string of the molecule is CCN(C(=O)OC(C)(C)C)C1CCN(C(=O)OCc2ccccc2)CC1. The van der Waals surface area contributed by atoms with Crippen LogP contribution in [0.25, 0.3) is 0 Å². The molecule has 0 aliphatic carbocycles. The topological polar surface area (TPSA) is 59.1 Å². The van der Waals surface area contributed by atoms with Gasteiger partial charge in [-0.2, -0.15) is 0 Å². The second-order valence-corrected chi connectivity index (χ2v) is 7.52. The predicted molar refractivity (Wildman–Crippen MR) is 99.8 cm³/mol. The summed E-state index contributed by atoms with van der Waals surface area (Å²) < 4.78 is 10.9. The molecule has 0 spiro atoms. The summed E-state index contributed by atoms with van der Waals surface area (Å²) in [4.78, 5) is 28.1. The van der Waals surface area contributed by atoms with Crippen LogP contribution in [0.3, 0.4) is 0 Å². The Morgan fingerprint density at radius 1 is 1.15 bits per heavy atom. The molecule has 1 aliphatic heterocycles. The van der Waals surface area contributed by atoms with E-state index in [0.717, 1.165) is 18.4 Å². The molecule has 26 heavy (non-hydrogen) atoms. The highest BCUT2D eigenvalue weighted by atomic mass is 16.6. The number of ether oxygens (including phenoxy) is 2. The van der Waals surface area contributed by atoms with Gasteiger partial charge in [-0.1, -0.05) is 30.3 Å². The van der Waals surface area contributed by atoms with Crippen molar-refractivity contribution in [3.05, 3.63) is 35.9 Å². The molecule has 6 nitrogen and oxygen atoms in total. The van der Waals surface area contributed by atoms with Gasteiger partial charge in [0.2, 0.25) is 0 Å². The van der Waals surface area contributed by atoms with Crippen LogP contribution in [0.5, 0.6) is 0 Å². The maximum absolute atomic E-state index is 12.4. The molecule has 1 saturated heterocycles. The van der Waals surface area contributed by atoms with E-state index in [9.17, 15) is 9.59 Å². The minimum atomic E-state index is -0.507. The normalized spacial score (nSPS) is 15.5. The van der Waals surface area contributed by atoms with Crippen molar-refractivity contribution in [1.82, 2.24) is 9.80 Å². The highest BCUT2D eigenvalue weighted by molar-refractivity contribution is 5.69. The lowest BCUT2D eigenvalue weighted by atomic mass is 10.0. The molecule has 0 saturated carbocycles. The van der Waals surface area contributed by atoms with Crippen LogP contribution in [0.4, 0.5) is 9.59 Å². The van der Waals surface area contributed by atoms with Crippen LogP contribution >= 0.6 is 0 Å². The maximum Gasteiger partial charge on any atom is 0.410 e. The van der Waals surface area contributed by atoms with Crippen molar-refractivity contribution in [2.24, 2.45) is 0 Å². The summed E-state index contributed by atoms with van der Waals surface area (Å²) in [6, 6.07) is 9.72. The second-order valence-electron chi connectivity index (χ2n) is 7.52. The van der Waals surface area contributed by atoms with E-state index in [-0.39, 0.29) is 24.8 Å². The molecule has 0 aromatic heterocycles. The Bertz CT molecular complexity index is 590. The molecule has 0 bridgehead atoms. The number of hydrogen-bond acceptors (Lipinski definition) is 4. The second kappa shape index (κ2) is 8.92. The molecule has 2 amide bonds. The van der Waals surface area contributed by atoms with Crippen LogP contribution in [0.15, 0.2) is 30.3 Å². The maximum atomic E-state index is 12.4. The highest BCUT2D eigenvalue weighted by Crippen LogP contribution is 2.20. The predicted octanol–water partition coefficient (Wildman–Crippen LogP) is 4.04. The fraction of sp³-hybridized carbons (Fsp3) is 0.600. The van der Waals surface area contributed by atoms with Crippen molar-refractivity contribution in [3.63, 3.8) is 0 Å². The molecule has 0 N–H and O–H groups in total. The lowest BCUT2D eigenvalue weighted by Crippen LogP contribution is -2.50. The van der Waals surface area contributed by atoms with Crippen LogP contribution < -0.4 is 0 Å². The fourth-order valence-electron chi connectivity index (χ4n) is 3.03. The number of nitrogens with zero attached hydrogens (tertiary/aromatic N) is 2. The number of carbonyl (C=O) groups is 2. The smallest absolute Gasteiger partial charge is 0.410 e. The third-order valence-corrected chi connectivity index (χ3v) is 4.34. The van der Waals surface area contributed by atoms with Gasteiger partial charge >= 0.3 is 12.2 Å². The van der Waals surface area contributed by atoms with Crippen LogP contribution in [0, 0.1) is 0 Å². The molecule has 0 unspecified atom stereocenters. The summed E-state index contributed by atoms with van der Waals surface area (Å²) in [5.74, 6) is 0. The summed E-state index contributed by atoms with van der Waals surface area (Å²) in [7, 11) is 0. The van der Waals surface area contributed by atoms with E-state index in [4.69, 9.17) is 9.47 Å². The number of carbonyl (C=O) groups excluding carboxylic acids is 2. The van der Waals surface area contributed by atoms with Gasteiger partial charge in [-0.25, -0.2) is 9.59 Å². The van der Waals surface area contributed by atoms with E-state index in [2.05, 4.69) is 0 Å². The van der Waals surface area contributed by atoms with E-state index in [0.29, 0.717) is 19.6 Å². The van der Waals surface area contributed by atoms with Crippen LogP contribution in [0.2, 0.25) is 0 Å². The van der Waals surface area contributed by atoms with Crippen molar-refractivity contribution < 1.29 is 19.1 Å². The number of piperidine rings is 1. The highest BCUT2D eigenvalue weighted by Gasteiger charge is 2.31. The van der Waals surface area contributed by atoms with Crippen molar-refractivity contribution in [2.45, 2.75) is 58.8 Å². The van der Waals surface area contributed by atoms with Gasteiger partial charge < -0.3 is 19.3 Å². The molecular weight excluding hydrogens is 332 g/mol. The molecule has 0 radical (unpaired) electrons. The Kier molecular flexibility index (Phi) is 6.89. The van der Waals surface area contributed by atoms with E-state index < -0.39 is 5.60 Å². The van der Waals surface area contributed by atoms with Crippen molar-refractivity contribution >= 4 is 12.2 Å². The molecule has 1 aromatic rings. The Morgan fingerprint density at radius 3 is 2.31 bits per heavy atom. The van der Waals surface area contributed by atoms with Gasteiger partial charge in [0.05, 0.1) is 0 Å². The Hall–Kier alpha value is -2.24. The number of hydrogen-bond donors (Lipinski definition) is 0. The average Bonchev–Trinajstić information content (AvgIpc) is 2.60. The largest absolute Gasteiger partial charge is 0.445 e. The van der Waals surface area contributed by atoms with Gasteiger partial charge in [-0.15, -0.1) is 0 Å². The van der Waals surface area contributed by atoms with Crippen molar-refractivity contribution in [1.29, 1.82) is 0 Å². The first-order valence-corrected chi connectivity index (χ1v) is 9.25. The molecule has 1 heterocycles. The summed E-state index contributed by atoms with van der Waals surface area (Å²) in [5, 5.41) is 0. The molecule has 1 aliphatic rings. The summed E-state index contributed by atoms with van der Waals surface area (Å²) in [6.45, 7) is 9.58. The minimum absolute atomic E-state index is 0.0908. The lowest BCUT2D eigenvalue weighted by Gasteiger charge is -2.38. The van der Waals surface area contributed by atoms with E-state index >= 15 is 0 Å². The van der Waals surface area contributed by atoms with Crippen LogP contribution in [0.1, 0.15) is 46.1 Å². The number of likely N-dealkylation sites (tertiary alicyclic amines) is 1. The zero-order valence-electron chi connectivity index (χ0n) is 16.2. The molecule has 1 aromatic carbocycles. The first-order chi connectivity index (χ1) is 12.3. The van der Waals surface area contributed by atoms with Crippen molar-refractivity contribution in [2.75, 3.05) is 19.6 Å². The van der Waals surface area contributed by atoms with Crippen molar-refractivity contribution in [3.8, 4) is 0 Å². The van der Waals surface area contributed by atoms with E-state index in [1.54, 1.807) is 9.80 Å². The lowest BCUT2D eigenvalue weighted by molar-refractivity contribution is 0.00919. The summed E-state index contributed by atoms with van der Waals surface area (Å²) in [6.07, 6.45) is 0.874. The van der Waals surface area contributed by atoms with Gasteiger partial charge in [0.25, 0.3) is 0 Å². The molecular formula is C20H30N2O4. The zero-order valence-corrected chi connectivity index (χ0v) is 16.2. The Balaban J connectivity index is 1.81. The van der Waals surface area contributed by atoms with E-state index in [1.165, 1.54) is 0 Å². The molecule has 0 atom stereocenters. The summed E-state index contributed by atoms with van der Waals surface area (Å²) in [5.41, 5.74) is 0.463. The van der Waals surface area contributed by atoms with Crippen LogP contribution in [-0.2, 0) is 16.1 Å². The molecule has 1 fully saturated rings. The monoisotopic (exact) mass is 362 g/mol. The Morgan fingerprint density at radius 2 is 1.77 bits per heavy atom. The van der Waals surface area contributed by atoms with Gasteiger partial charge in [0, 0.05) is 25.7 Å². The minimum Gasteiger partial charge on any atom is -0.445 e. The fourth-order valence-corrected chi connectivity index (χ4v) is 3.03. The van der Waals surface area contributed by atoms with Gasteiger partial charge in [-0.05, 0) is 46.1 Å². The quantitative estimate of drug-likeness (QED) is 0.811. The van der Waals surface area contributed by atoms with Gasteiger partial charge in [0.15, 0.2) is 0 Å². The first-order valence-electron chi connectivity index (χ1n) is 9.25.